The van der Waals surface area contributed by atoms with Crippen LogP contribution in [0.5, 0.6) is 0 Å². The lowest BCUT2D eigenvalue weighted by Crippen LogP contribution is -2.63. The van der Waals surface area contributed by atoms with E-state index in [1.165, 1.54) is 12.8 Å². The van der Waals surface area contributed by atoms with Crippen molar-refractivity contribution in [3.05, 3.63) is 24.6 Å². The zero-order valence-electron chi connectivity index (χ0n) is 9.47. The standard InChI is InChI=1S/C13H14N2O2/c16-13(9-1-2-9)7-15(8-13)12-10-4-6-17-11(10)3-5-14-12/h3-6,9,16H,1-2,7-8H2. The SMILES string of the molecule is OC1(C2CC2)CN(c2nccc3occc23)C1. The quantitative estimate of drug-likeness (QED) is 0.854. The Morgan fingerprint density at radius 3 is 2.94 bits per heavy atom. The molecule has 1 aliphatic carbocycles. The van der Waals surface area contributed by atoms with Crippen LogP contribution < -0.4 is 4.90 Å². The number of rotatable bonds is 2. The average Bonchev–Trinajstić information content (AvgIpc) is 3.03. The average molecular weight is 230 g/mol. The van der Waals surface area contributed by atoms with Crippen LogP contribution in [0.4, 0.5) is 5.82 Å². The third-order valence-electron chi connectivity index (χ3n) is 3.92. The molecule has 17 heavy (non-hydrogen) atoms. The molecule has 2 aromatic heterocycles. The summed E-state index contributed by atoms with van der Waals surface area (Å²) in [6.45, 7) is 1.41. The second kappa shape index (κ2) is 3.01. The largest absolute Gasteiger partial charge is 0.464 e. The highest BCUT2D eigenvalue weighted by molar-refractivity contribution is 5.88. The molecule has 0 unspecified atom stereocenters. The second-order valence-corrected chi connectivity index (χ2v) is 5.20. The summed E-state index contributed by atoms with van der Waals surface area (Å²) in [6, 6.07) is 3.80. The number of hydrogen-bond acceptors (Lipinski definition) is 4. The fourth-order valence-electron chi connectivity index (χ4n) is 2.78. The number of anilines is 1. The minimum Gasteiger partial charge on any atom is -0.464 e. The van der Waals surface area contributed by atoms with Crippen LogP contribution in [0.2, 0.25) is 0 Å². The number of pyridine rings is 1. The number of hydrogen-bond donors (Lipinski definition) is 1. The predicted octanol–water partition coefficient (Wildman–Crippen LogP) is 1.79. The van der Waals surface area contributed by atoms with E-state index in [0.717, 1.165) is 16.8 Å². The van der Waals surface area contributed by atoms with Gasteiger partial charge in [0.05, 0.1) is 24.7 Å². The molecule has 0 spiro atoms. The van der Waals surface area contributed by atoms with Gasteiger partial charge in [-0.05, 0) is 30.9 Å². The summed E-state index contributed by atoms with van der Waals surface area (Å²) in [5, 5.41) is 11.3. The van der Waals surface area contributed by atoms with Crippen LogP contribution in [0.1, 0.15) is 12.8 Å². The van der Waals surface area contributed by atoms with Crippen molar-refractivity contribution in [2.75, 3.05) is 18.0 Å². The molecule has 0 bridgehead atoms. The fourth-order valence-corrected chi connectivity index (χ4v) is 2.78. The number of furan rings is 1. The lowest BCUT2D eigenvalue weighted by Gasteiger charge is -2.47. The van der Waals surface area contributed by atoms with E-state index in [2.05, 4.69) is 9.88 Å². The first-order valence-electron chi connectivity index (χ1n) is 6.06. The topological polar surface area (TPSA) is 49.5 Å². The third-order valence-corrected chi connectivity index (χ3v) is 3.92. The number of aromatic nitrogens is 1. The van der Waals surface area contributed by atoms with E-state index in [9.17, 15) is 5.11 Å². The summed E-state index contributed by atoms with van der Waals surface area (Å²) in [4.78, 5) is 6.54. The van der Waals surface area contributed by atoms with Gasteiger partial charge in [0.25, 0.3) is 0 Å². The van der Waals surface area contributed by atoms with Gasteiger partial charge < -0.3 is 14.4 Å². The molecule has 2 aromatic rings. The van der Waals surface area contributed by atoms with Crippen molar-refractivity contribution in [1.82, 2.24) is 4.98 Å². The van der Waals surface area contributed by atoms with Crippen molar-refractivity contribution in [3.8, 4) is 0 Å². The van der Waals surface area contributed by atoms with Crippen LogP contribution in [-0.4, -0.2) is 28.8 Å². The molecule has 1 N–H and O–H groups in total. The first-order chi connectivity index (χ1) is 8.26. The van der Waals surface area contributed by atoms with Crippen molar-refractivity contribution in [2.24, 2.45) is 5.92 Å². The van der Waals surface area contributed by atoms with Crippen LogP contribution in [0.25, 0.3) is 11.0 Å². The van der Waals surface area contributed by atoms with Gasteiger partial charge in [-0.15, -0.1) is 0 Å². The third kappa shape index (κ3) is 1.30. The Kier molecular flexibility index (Phi) is 1.68. The van der Waals surface area contributed by atoms with Gasteiger partial charge in [-0.3, -0.25) is 0 Å². The number of nitrogens with zero attached hydrogens (tertiary/aromatic N) is 2. The molecular weight excluding hydrogens is 216 g/mol. The molecule has 88 valence electrons. The Morgan fingerprint density at radius 2 is 2.18 bits per heavy atom. The van der Waals surface area contributed by atoms with Gasteiger partial charge in [0.2, 0.25) is 0 Å². The molecule has 1 saturated carbocycles. The molecule has 3 heterocycles. The van der Waals surface area contributed by atoms with E-state index < -0.39 is 5.60 Å². The molecule has 4 heteroatoms. The van der Waals surface area contributed by atoms with E-state index in [0.29, 0.717) is 19.0 Å². The zero-order valence-corrected chi connectivity index (χ0v) is 9.47. The minimum atomic E-state index is -0.465. The van der Waals surface area contributed by atoms with Crippen LogP contribution in [0.3, 0.4) is 0 Å². The van der Waals surface area contributed by atoms with Crippen molar-refractivity contribution >= 4 is 16.8 Å². The van der Waals surface area contributed by atoms with E-state index >= 15 is 0 Å². The highest BCUT2D eigenvalue weighted by Crippen LogP contribution is 2.46. The molecule has 0 amide bonds. The van der Waals surface area contributed by atoms with E-state index in [-0.39, 0.29) is 0 Å². The molecule has 2 aliphatic rings. The lowest BCUT2D eigenvalue weighted by molar-refractivity contribution is -0.00957. The number of aliphatic hydroxyl groups is 1. The molecule has 2 fully saturated rings. The summed E-state index contributed by atoms with van der Waals surface area (Å²) in [5.74, 6) is 1.45. The second-order valence-electron chi connectivity index (χ2n) is 5.20. The Balaban J connectivity index is 1.66. The molecule has 4 nitrogen and oxygen atoms in total. The smallest absolute Gasteiger partial charge is 0.139 e. The zero-order chi connectivity index (χ0) is 11.5. The van der Waals surface area contributed by atoms with Crippen LogP contribution in [0, 0.1) is 5.92 Å². The van der Waals surface area contributed by atoms with Crippen molar-refractivity contribution in [3.63, 3.8) is 0 Å². The Labute approximate surface area is 98.9 Å². The fraction of sp³-hybridized carbons (Fsp3) is 0.462. The van der Waals surface area contributed by atoms with Gasteiger partial charge in [0.1, 0.15) is 17.0 Å². The van der Waals surface area contributed by atoms with E-state index in [4.69, 9.17) is 4.42 Å². The van der Waals surface area contributed by atoms with Gasteiger partial charge in [-0.1, -0.05) is 0 Å². The summed E-state index contributed by atoms with van der Waals surface area (Å²) >= 11 is 0. The molecular formula is C13H14N2O2. The lowest BCUT2D eigenvalue weighted by atomic mass is 9.88. The molecule has 0 atom stereocenters. The minimum absolute atomic E-state index is 0.465. The first-order valence-corrected chi connectivity index (χ1v) is 6.06. The molecule has 1 saturated heterocycles. The maximum Gasteiger partial charge on any atom is 0.139 e. The number of β-amino-alcohol motifs (C(OH)–C–C–N with tert-alkyl or cyclic N) is 1. The van der Waals surface area contributed by atoms with Crippen LogP contribution >= 0.6 is 0 Å². The van der Waals surface area contributed by atoms with E-state index in [1.54, 1.807) is 12.5 Å². The highest BCUT2D eigenvalue weighted by Gasteiger charge is 2.52. The van der Waals surface area contributed by atoms with Gasteiger partial charge in [-0.25, -0.2) is 4.98 Å². The Bertz CT molecular complexity index is 568. The van der Waals surface area contributed by atoms with Gasteiger partial charge in [-0.2, -0.15) is 0 Å². The summed E-state index contributed by atoms with van der Waals surface area (Å²) in [6.07, 6.45) is 5.79. The molecule has 0 aromatic carbocycles. The van der Waals surface area contributed by atoms with Crippen molar-refractivity contribution in [2.45, 2.75) is 18.4 Å². The van der Waals surface area contributed by atoms with Gasteiger partial charge >= 0.3 is 0 Å². The van der Waals surface area contributed by atoms with Crippen molar-refractivity contribution in [1.29, 1.82) is 0 Å². The van der Waals surface area contributed by atoms with Crippen LogP contribution in [0.15, 0.2) is 29.0 Å². The first kappa shape index (κ1) is 9.48. The monoisotopic (exact) mass is 230 g/mol. The van der Waals surface area contributed by atoms with Gasteiger partial charge in [0, 0.05) is 6.20 Å². The summed E-state index contributed by atoms with van der Waals surface area (Å²) in [5.41, 5.74) is 0.394. The molecule has 0 radical (unpaired) electrons. The molecule has 4 rings (SSSR count). The maximum atomic E-state index is 10.3. The number of fused-ring (bicyclic) bond motifs is 1. The van der Waals surface area contributed by atoms with Gasteiger partial charge in [0.15, 0.2) is 0 Å². The Hall–Kier alpha value is -1.55. The summed E-state index contributed by atoms with van der Waals surface area (Å²) < 4.78 is 5.36. The van der Waals surface area contributed by atoms with Crippen LogP contribution in [-0.2, 0) is 0 Å². The maximum absolute atomic E-state index is 10.3. The summed E-state index contributed by atoms with van der Waals surface area (Å²) in [7, 11) is 0. The van der Waals surface area contributed by atoms with E-state index in [1.807, 2.05) is 12.1 Å². The normalized spacial score (nSPS) is 22.8. The Morgan fingerprint density at radius 1 is 1.35 bits per heavy atom. The predicted molar refractivity (Wildman–Crippen MR) is 63.9 cm³/mol. The highest BCUT2D eigenvalue weighted by atomic mass is 16.3. The van der Waals surface area contributed by atoms with Crippen molar-refractivity contribution < 1.29 is 9.52 Å². The molecule has 1 aliphatic heterocycles.